The van der Waals surface area contributed by atoms with Gasteiger partial charge in [-0.05, 0) is 35.9 Å². The van der Waals surface area contributed by atoms with Crippen LogP contribution in [-0.4, -0.2) is 29.7 Å². The lowest BCUT2D eigenvalue weighted by molar-refractivity contribution is -0.115. The Morgan fingerprint density at radius 1 is 1.13 bits per heavy atom. The van der Waals surface area contributed by atoms with Crippen molar-refractivity contribution in [2.45, 2.75) is 6.42 Å². The molecule has 0 bridgehead atoms. The van der Waals surface area contributed by atoms with Gasteiger partial charge in [-0.2, -0.15) is 5.10 Å². The van der Waals surface area contributed by atoms with Gasteiger partial charge in [0.2, 0.25) is 5.91 Å². The summed E-state index contributed by atoms with van der Waals surface area (Å²) >= 11 is 0. The molecule has 3 rings (SSSR count). The predicted molar refractivity (Wildman–Crippen MR) is 87.1 cm³/mol. The molecule has 6 nitrogen and oxygen atoms in total. The Morgan fingerprint density at radius 2 is 1.96 bits per heavy atom. The van der Waals surface area contributed by atoms with E-state index in [4.69, 9.17) is 9.47 Å². The number of amides is 1. The fourth-order valence-electron chi connectivity index (χ4n) is 2.38. The van der Waals surface area contributed by atoms with E-state index in [9.17, 15) is 4.79 Å². The minimum atomic E-state index is -0.0962. The fourth-order valence-corrected chi connectivity index (χ4v) is 2.38. The van der Waals surface area contributed by atoms with Gasteiger partial charge in [0.15, 0.2) is 11.5 Å². The van der Waals surface area contributed by atoms with Crippen LogP contribution in [0.4, 0.5) is 5.69 Å². The van der Waals surface area contributed by atoms with Gasteiger partial charge in [0, 0.05) is 18.1 Å². The van der Waals surface area contributed by atoms with Crippen molar-refractivity contribution in [2.75, 3.05) is 19.5 Å². The number of anilines is 1. The van der Waals surface area contributed by atoms with E-state index in [2.05, 4.69) is 10.4 Å². The number of benzene rings is 1. The number of pyridine rings is 1. The Hall–Kier alpha value is -3.02. The number of rotatable bonds is 5. The number of carbonyl (C=O) groups excluding carboxylic acids is 1. The predicted octanol–water partition coefficient (Wildman–Crippen LogP) is 2.53. The van der Waals surface area contributed by atoms with Crippen molar-refractivity contribution in [2.24, 2.45) is 0 Å². The van der Waals surface area contributed by atoms with Gasteiger partial charge in [0.05, 0.1) is 26.2 Å². The van der Waals surface area contributed by atoms with Crippen molar-refractivity contribution in [1.82, 2.24) is 9.61 Å². The number of hydrogen-bond acceptors (Lipinski definition) is 4. The van der Waals surface area contributed by atoms with E-state index in [-0.39, 0.29) is 12.3 Å². The molecule has 6 heteroatoms. The maximum absolute atomic E-state index is 12.2. The van der Waals surface area contributed by atoms with Crippen LogP contribution in [0.25, 0.3) is 5.52 Å². The Bertz CT molecular complexity index is 842. The summed E-state index contributed by atoms with van der Waals surface area (Å²) in [5, 5.41) is 7.01. The zero-order valence-electron chi connectivity index (χ0n) is 12.9. The standard InChI is InChI=1S/C17H17N3O3/c1-22-15-4-3-12(9-16(15)23-2)10-17(21)19-13-6-8-20-14(11-13)5-7-18-20/h3-9,11H,10H2,1-2H3,(H,19,21). The summed E-state index contributed by atoms with van der Waals surface area (Å²) in [5.41, 5.74) is 2.52. The van der Waals surface area contributed by atoms with Gasteiger partial charge in [-0.3, -0.25) is 4.79 Å². The first kappa shape index (κ1) is 14.9. The number of hydrogen-bond donors (Lipinski definition) is 1. The molecular weight excluding hydrogens is 294 g/mol. The highest BCUT2D eigenvalue weighted by molar-refractivity contribution is 5.92. The van der Waals surface area contributed by atoms with Crippen LogP contribution in [0.5, 0.6) is 11.5 Å². The lowest BCUT2D eigenvalue weighted by Gasteiger charge is -2.10. The number of carbonyl (C=O) groups is 1. The summed E-state index contributed by atoms with van der Waals surface area (Å²) in [6, 6.07) is 11.0. The summed E-state index contributed by atoms with van der Waals surface area (Å²) in [6.45, 7) is 0. The van der Waals surface area contributed by atoms with Crippen molar-refractivity contribution in [1.29, 1.82) is 0 Å². The van der Waals surface area contributed by atoms with Crippen molar-refractivity contribution in [3.63, 3.8) is 0 Å². The monoisotopic (exact) mass is 311 g/mol. The second-order valence-corrected chi connectivity index (χ2v) is 5.03. The van der Waals surface area contributed by atoms with Gasteiger partial charge in [-0.15, -0.1) is 0 Å². The number of aromatic nitrogens is 2. The highest BCUT2D eigenvalue weighted by Gasteiger charge is 2.09. The maximum atomic E-state index is 12.2. The molecule has 0 radical (unpaired) electrons. The van der Waals surface area contributed by atoms with E-state index in [0.29, 0.717) is 11.5 Å². The molecule has 0 aliphatic carbocycles. The minimum absolute atomic E-state index is 0.0962. The first-order valence-corrected chi connectivity index (χ1v) is 7.14. The van der Waals surface area contributed by atoms with Crippen LogP contribution in [0.1, 0.15) is 5.56 Å². The number of ether oxygens (including phenoxy) is 2. The summed E-state index contributed by atoms with van der Waals surface area (Å²) in [5.74, 6) is 1.16. The van der Waals surface area contributed by atoms with E-state index in [1.165, 1.54) is 0 Å². The van der Waals surface area contributed by atoms with E-state index in [1.807, 2.05) is 24.3 Å². The van der Waals surface area contributed by atoms with Gasteiger partial charge in [-0.1, -0.05) is 6.07 Å². The molecule has 1 N–H and O–H groups in total. The molecule has 2 heterocycles. The summed E-state index contributed by atoms with van der Waals surface area (Å²) < 4.78 is 12.2. The van der Waals surface area contributed by atoms with Crippen LogP contribution in [-0.2, 0) is 11.2 Å². The van der Waals surface area contributed by atoms with Crippen LogP contribution in [0.2, 0.25) is 0 Å². The molecule has 0 saturated heterocycles. The average Bonchev–Trinajstić information content (AvgIpc) is 3.02. The molecule has 0 atom stereocenters. The van der Waals surface area contributed by atoms with Crippen molar-refractivity contribution < 1.29 is 14.3 Å². The molecule has 0 aliphatic heterocycles. The average molecular weight is 311 g/mol. The molecule has 0 spiro atoms. The number of nitrogens with one attached hydrogen (secondary N) is 1. The Labute approximate surface area is 133 Å². The van der Waals surface area contributed by atoms with Crippen LogP contribution >= 0.6 is 0 Å². The van der Waals surface area contributed by atoms with Gasteiger partial charge >= 0.3 is 0 Å². The van der Waals surface area contributed by atoms with Crippen LogP contribution in [0.15, 0.2) is 48.8 Å². The molecule has 0 fully saturated rings. The zero-order valence-corrected chi connectivity index (χ0v) is 12.9. The fraction of sp³-hybridized carbons (Fsp3) is 0.176. The number of fused-ring (bicyclic) bond motifs is 1. The molecule has 0 unspecified atom stereocenters. The minimum Gasteiger partial charge on any atom is -0.493 e. The quantitative estimate of drug-likeness (QED) is 0.786. The first-order chi connectivity index (χ1) is 11.2. The molecule has 3 aromatic rings. The number of nitrogens with zero attached hydrogens (tertiary/aromatic N) is 2. The Morgan fingerprint density at radius 3 is 2.74 bits per heavy atom. The molecular formula is C17H17N3O3. The van der Waals surface area contributed by atoms with E-state index in [0.717, 1.165) is 16.8 Å². The first-order valence-electron chi connectivity index (χ1n) is 7.14. The van der Waals surface area contributed by atoms with Gasteiger partial charge in [-0.25, -0.2) is 4.52 Å². The van der Waals surface area contributed by atoms with E-state index in [1.54, 1.807) is 43.3 Å². The zero-order chi connectivity index (χ0) is 16.2. The summed E-state index contributed by atoms with van der Waals surface area (Å²) in [4.78, 5) is 12.2. The second kappa shape index (κ2) is 6.39. The molecule has 118 valence electrons. The normalized spacial score (nSPS) is 10.5. The highest BCUT2D eigenvalue weighted by atomic mass is 16.5. The topological polar surface area (TPSA) is 64.9 Å². The third kappa shape index (κ3) is 3.26. The Balaban J connectivity index is 1.71. The third-order valence-corrected chi connectivity index (χ3v) is 3.50. The molecule has 2 aromatic heterocycles. The van der Waals surface area contributed by atoms with E-state index >= 15 is 0 Å². The lowest BCUT2D eigenvalue weighted by Crippen LogP contribution is -2.14. The van der Waals surface area contributed by atoms with Crippen molar-refractivity contribution in [3.8, 4) is 11.5 Å². The third-order valence-electron chi connectivity index (χ3n) is 3.50. The molecule has 23 heavy (non-hydrogen) atoms. The van der Waals surface area contributed by atoms with E-state index < -0.39 is 0 Å². The summed E-state index contributed by atoms with van der Waals surface area (Å²) in [6.07, 6.45) is 3.77. The summed E-state index contributed by atoms with van der Waals surface area (Å²) in [7, 11) is 3.15. The molecule has 1 amide bonds. The molecule has 0 saturated carbocycles. The molecule has 0 aliphatic rings. The smallest absolute Gasteiger partial charge is 0.228 e. The van der Waals surface area contributed by atoms with Crippen molar-refractivity contribution in [3.05, 3.63) is 54.4 Å². The molecule has 1 aromatic carbocycles. The second-order valence-electron chi connectivity index (χ2n) is 5.03. The van der Waals surface area contributed by atoms with Gasteiger partial charge < -0.3 is 14.8 Å². The SMILES string of the molecule is COc1ccc(CC(=O)Nc2ccn3nccc3c2)cc1OC. The highest BCUT2D eigenvalue weighted by Crippen LogP contribution is 2.27. The van der Waals surface area contributed by atoms with Crippen LogP contribution in [0.3, 0.4) is 0 Å². The number of methoxy groups -OCH3 is 2. The van der Waals surface area contributed by atoms with Gasteiger partial charge in [0.25, 0.3) is 0 Å². The maximum Gasteiger partial charge on any atom is 0.228 e. The van der Waals surface area contributed by atoms with Crippen molar-refractivity contribution >= 4 is 17.1 Å². The lowest BCUT2D eigenvalue weighted by atomic mass is 10.1. The Kier molecular flexibility index (Phi) is 4.14. The van der Waals surface area contributed by atoms with Gasteiger partial charge in [0.1, 0.15) is 0 Å². The van der Waals surface area contributed by atoms with Crippen LogP contribution in [0, 0.1) is 0 Å². The van der Waals surface area contributed by atoms with Crippen LogP contribution < -0.4 is 14.8 Å². The largest absolute Gasteiger partial charge is 0.493 e.